The Kier molecular flexibility index (Phi) is 5.19. The fourth-order valence-corrected chi connectivity index (χ4v) is 1.46. The standard InChI is InChI=1S/C12H13BrF3NO/c1-2-10(13)11(18)17-7-8-3-5-9(6-4-8)12(14,15)16/h3-6,10H,2,7H2,1H3,(H,17,18). The molecule has 18 heavy (non-hydrogen) atoms. The van der Waals surface area contributed by atoms with E-state index in [0.29, 0.717) is 12.0 Å². The minimum atomic E-state index is -4.33. The third kappa shape index (κ3) is 4.33. The van der Waals surface area contributed by atoms with Gasteiger partial charge in [0.2, 0.25) is 5.91 Å². The van der Waals surface area contributed by atoms with Gasteiger partial charge in [0.05, 0.1) is 10.4 Å². The number of carbonyl (C=O) groups excluding carboxylic acids is 1. The first-order chi connectivity index (χ1) is 8.34. The Morgan fingerprint density at radius 2 is 1.89 bits per heavy atom. The van der Waals surface area contributed by atoms with Gasteiger partial charge in [-0.05, 0) is 24.1 Å². The normalized spacial score (nSPS) is 13.2. The summed E-state index contributed by atoms with van der Waals surface area (Å²) in [5.74, 6) is -0.169. The van der Waals surface area contributed by atoms with Crippen LogP contribution in [0.2, 0.25) is 0 Å². The number of carbonyl (C=O) groups is 1. The van der Waals surface area contributed by atoms with Crippen LogP contribution in [0.15, 0.2) is 24.3 Å². The molecule has 0 aliphatic rings. The smallest absolute Gasteiger partial charge is 0.351 e. The van der Waals surface area contributed by atoms with Crippen LogP contribution in [0, 0.1) is 0 Å². The summed E-state index contributed by atoms with van der Waals surface area (Å²) < 4.78 is 36.9. The molecular formula is C12H13BrF3NO. The molecule has 6 heteroatoms. The summed E-state index contributed by atoms with van der Waals surface area (Å²) in [7, 11) is 0. The van der Waals surface area contributed by atoms with Crippen molar-refractivity contribution in [2.24, 2.45) is 0 Å². The van der Waals surface area contributed by atoms with E-state index >= 15 is 0 Å². The highest BCUT2D eigenvalue weighted by molar-refractivity contribution is 9.10. The maximum atomic E-state index is 12.3. The second-order valence-electron chi connectivity index (χ2n) is 3.79. The number of hydrogen-bond donors (Lipinski definition) is 1. The fraction of sp³-hybridized carbons (Fsp3) is 0.417. The van der Waals surface area contributed by atoms with Crippen molar-refractivity contribution in [3.63, 3.8) is 0 Å². The third-order valence-corrected chi connectivity index (χ3v) is 3.45. The zero-order valence-electron chi connectivity index (χ0n) is 9.72. The van der Waals surface area contributed by atoms with Gasteiger partial charge < -0.3 is 5.32 Å². The van der Waals surface area contributed by atoms with E-state index in [0.717, 1.165) is 12.1 Å². The number of benzene rings is 1. The number of rotatable bonds is 4. The average molecular weight is 324 g/mol. The summed E-state index contributed by atoms with van der Waals surface area (Å²) in [6.07, 6.45) is -3.68. The van der Waals surface area contributed by atoms with Crippen molar-refractivity contribution in [3.8, 4) is 0 Å². The van der Waals surface area contributed by atoms with Crippen LogP contribution in [-0.4, -0.2) is 10.7 Å². The van der Waals surface area contributed by atoms with Crippen molar-refractivity contribution in [1.82, 2.24) is 5.32 Å². The van der Waals surface area contributed by atoms with E-state index in [1.807, 2.05) is 6.92 Å². The lowest BCUT2D eigenvalue weighted by Gasteiger charge is -2.10. The molecule has 2 nitrogen and oxygen atoms in total. The highest BCUT2D eigenvalue weighted by atomic mass is 79.9. The van der Waals surface area contributed by atoms with E-state index in [1.54, 1.807) is 0 Å². The lowest BCUT2D eigenvalue weighted by molar-refractivity contribution is -0.137. The summed E-state index contributed by atoms with van der Waals surface area (Å²) in [6, 6.07) is 4.73. The zero-order valence-corrected chi connectivity index (χ0v) is 11.3. The van der Waals surface area contributed by atoms with Crippen LogP contribution in [-0.2, 0) is 17.5 Å². The molecule has 1 rings (SSSR count). The second kappa shape index (κ2) is 6.22. The number of nitrogens with one attached hydrogen (secondary N) is 1. The Morgan fingerprint density at radius 3 is 2.33 bits per heavy atom. The molecule has 0 saturated carbocycles. The van der Waals surface area contributed by atoms with Gasteiger partial charge in [-0.25, -0.2) is 0 Å². The van der Waals surface area contributed by atoms with Crippen LogP contribution in [0.1, 0.15) is 24.5 Å². The minimum absolute atomic E-state index is 0.169. The van der Waals surface area contributed by atoms with Gasteiger partial charge in [-0.2, -0.15) is 13.2 Å². The van der Waals surface area contributed by atoms with Crippen molar-refractivity contribution in [1.29, 1.82) is 0 Å². The molecule has 100 valence electrons. The van der Waals surface area contributed by atoms with Gasteiger partial charge in [-0.15, -0.1) is 0 Å². The van der Waals surface area contributed by atoms with E-state index in [9.17, 15) is 18.0 Å². The van der Waals surface area contributed by atoms with Crippen molar-refractivity contribution in [3.05, 3.63) is 35.4 Å². The third-order valence-electron chi connectivity index (χ3n) is 2.39. The largest absolute Gasteiger partial charge is 0.416 e. The van der Waals surface area contributed by atoms with Gasteiger partial charge >= 0.3 is 6.18 Å². The molecule has 0 aliphatic carbocycles. The topological polar surface area (TPSA) is 29.1 Å². The van der Waals surface area contributed by atoms with Gasteiger partial charge in [-0.3, -0.25) is 4.79 Å². The zero-order chi connectivity index (χ0) is 13.8. The van der Waals surface area contributed by atoms with Crippen LogP contribution in [0.3, 0.4) is 0 Å². The Morgan fingerprint density at radius 1 is 1.33 bits per heavy atom. The number of alkyl halides is 4. The molecule has 1 N–H and O–H groups in total. The van der Waals surface area contributed by atoms with Gasteiger partial charge in [0.1, 0.15) is 0 Å². The lowest BCUT2D eigenvalue weighted by Crippen LogP contribution is -2.30. The summed E-state index contributed by atoms with van der Waals surface area (Å²) in [5, 5.41) is 2.64. The van der Waals surface area contributed by atoms with Gasteiger partial charge in [0, 0.05) is 6.54 Å². The molecule has 0 heterocycles. The van der Waals surface area contributed by atoms with Crippen LogP contribution in [0.5, 0.6) is 0 Å². The van der Waals surface area contributed by atoms with Crippen molar-refractivity contribution >= 4 is 21.8 Å². The molecule has 1 atom stereocenters. The molecule has 0 bridgehead atoms. The Labute approximate surface area is 112 Å². The average Bonchev–Trinajstić information content (AvgIpc) is 2.34. The fourth-order valence-electron chi connectivity index (χ4n) is 1.30. The Bertz CT molecular complexity index is 403. The molecule has 0 aliphatic heterocycles. The molecule has 0 aromatic heterocycles. The quantitative estimate of drug-likeness (QED) is 0.844. The summed E-state index contributed by atoms with van der Waals surface area (Å²) in [5.41, 5.74) is -0.0587. The molecule has 0 radical (unpaired) electrons. The number of hydrogen-bond acceptors (Lipinski definition) is 1. The van der Waals surface area contributed by atoms with Crippen molar-refractivity contribution in [2.75, 3.05) is 0 Å². The van der Waals surface area contributed by atoms with Crippen LogP contribution < -0.4 is 5.32 Å². The van der Waals surface area contributed by atoms with E-state index in [-0.39, 0.29) is 17.3 Å². The number of halogens is 4. The van der Waals surface area contributed by atoms with E-state index < -0.39 is 11.7 Å². The molecule has 1 amide bonds. The van der Waals surface area contributed by atoms with Gasteiger partial charge in [0.25, 0.3) is 0 Å². The first-order valence-corrected chi connectivity index (χ1v) is 6.34. The molecular weight excluding hydrogens is 311 g/mol. The summed E-state index contributed by atoms with van der Waals surface area (Å²) in [6.45, 7) is 2.08. The Hall–Kier alpha value is -1.04. The maximum Gasteiger partial charge on any atom is 0.416 e. The summed E-state index contributed by atoms with van der Waals surface area (Å²) >= 11 is 3.19. The first kappa shape index (κ1) is 15.0. The molecule has 1 unspecified atom stereocenters. The van der Waals surface area contributed by atoms with E-state index in [2.05, 4.69) is 21.2 Å². The predicted molar refractivity (Wildman–Crippen MR) is 66.3 cm³/mol. The van der Waals surface area contributed by atoms with Crippen LogP contribution in [0.4, 0.5) is 13.2 Å². The Balaban J connectivity index is 2.57. The molecule has 0 fully saturated rings. The molecule has 1 aromatic rings. The van der Waals surface area contributed by atoms with E-state index in [4.69, 9.17) is 0 Å². The molecule has 0 spiro atoms. The van der Waals surface area contributed by atoms with Gasteiger partial charge in [-0.1, -0.05) is 35.0 Å². The highest BCUT2D eigenvalue weighted by Crippen LogP contribution is 2.29. The van der Waals surface area contributed by atoms with Crippen LogP contribution in [0.25, 0.3) is 0 Å². The van der Waals surface area contributed by atoms with Gasteiger partial charge in [0.15, 0.2) is 0 Å². The monoisotopic (exact) mass is 323 g/mol. The molecule has 0 saturated heterocycles. The highest BCUT2D eigenvalue weighted by Gasteiger charge is 2.29. The maximum absolute atomic E-state index is 12.3. The first-order valence-electron chi connectivity index (χ1n) is 5.42. The predicted octanol–water partition coefficient (Wildman–Crippen LogP) is 3.50. The lowest BCUT2D eigenvalue weighted by atomic mass is 10.1. The summed E-state index contributed by atoms with van der Waals surface area (Å²) in [4.78, 5) is 11.2. The van der Waals surface area contributed by atoms with Crippen LogP contribution >= 0.6 is 15.9 Å². The van der Waals surface area contributed by atoms with Crippen molar-refractivity contribution in [2.45, 2.75) is 30.9 Å². The molecule has 1 aromatic carbocycles. The number of amides is 1. The second-order valence-corrected chi connectivity index (χ2v) is 4.89. The minimum Gasteiger partial charge on any atom is -0.351 e. The van der Waals surface area contributed by atoms with Crippen molar-refractivity contribution < 1.29 is 18.0 Å². The SMILES string of the molecule is CCC(Br)C(=O)NCc1ccc(C(F)(F)F)cc1. The van der Waals surface area contributed by atoms with E-state index in [1.165, 1.54) is 12.1 Å².